The zero-order chi connectivity index (χ0) is 16.3. The first kappa shape index (κ1) is 15.4. The van der Waals surface area contributed by atoms with Crippen LogP contribution in [0.4, 0.5) is 21.5 Å². The van der Waals surface area contributed by atoms with Crippen LogP contribution in [0, 0.1) is 22.9 Å². The third kappa shape index (κ3) is 3.20. The van der Waals surface area contributed by atoms with E-state index >= 15 is 0 Å². The van der Waals surface area contributed by atoms with Gasteiger partial charge in [0.2, 0.25) is 0 Å². The lowest BCUT2D eigenvalue weighted by Gasteiger charge is -2.11. The Morgan fingerprint density at radius 2 is 1.86 bits per heavy atom. The second kappa shape index (κ2) is 6.21. The monoisotopic (exact) mass is 303 g/mol. The highest BCUT2D eigenvalue weighted by atomic mass is 19.1. The maximum absolute atomic E-state index is 13.1. The average Bonchev–Trinajstić information content (AvgIpc) is 2.49. The molecule has 6 nitrogen and oxygen atoms in total. The topological polar surface area (TPSA) is 84.3 Å². The number of non-ortho nitro benzene ring substituents is 1. The van der Waals surface area contributed by atoms with E-state index in [4.69, 9.17) is 0 Å². The van der Waals surface area contributed by atoms with Crippen molar-refractivity contribution in [2.75, 3.05) is 17.7 Å². The summed E-state index contributed by atoms with van der Waals surface area (Å²) in [5.41, 5.74) is 1.42. The zero-order valence-corrected chi connectivity index (χ0v) is 12.0. The molecular formula is C15H14FN3O3. The lowest BCUT2D eigenvalue weighted by Crippen LogP contribution is -2.15. The number of aryl methyl sites for hydroxylation is 1. The molecular weight excluding hydrogens is 289 g/mol. The number of carbonyl (C=O) groups is 1. The molecule has 0 bridgehead atoms. The van der Waals surface area contributed by atoms with Crippen molar-refractivity contribution >= 4 is 23.0 Å². The van der Waals surface area contributed by atoms with Gasteiger partial charge in [-0.05, 0) is 36.8 Å². The summed E-state index contributed by atoms with van der Waals surface area (Å²) in [6.07, 6.45) is 0. The van der Waals surface area contributed by atoms with E-state index in [9.17, 15) is 19.3 Å². The number of nitrogens with one attached hydrogen (secondary N) is 2. The molecule has 0 aliphatic heterocycles. The van der Waals surface area contributed by atoms with Crippen LogP contribution in [0.1, 0.15) is 15.9 Å². The minimum Gasteiger partial charge on any atom is -0.387 e. The summed E-state index contributed by atoms with van der Waals surface area (Å²) in [7, 11) is 1.61. The summed E-state index contributed by atoms with van der Waals surface area (Å²) >= 11 is 0. The number of anilines is 2. The molecule has 0 saturated heterocycles. The van der Waals surface area contributed by atoms with Gasteiger partial charge in [0.05, 0.1) is 10.5 Å². The predicted molar refractivity (Wildman–Crippen MR) is 81.7 cm³/mol. The molecule has 0 spiro atoms. The minimum absolute atomic E-state index is 0.139. The molecule has 22 heavy (non-hydrogen) atoms. The van der Waals surface area contributed by atoms with E-state index in [0.29, 0.717) is 16.9 Å². The predicted octanol–water partition coefficient (Wildman–Crippen LogP) is 3.34. The second-order valence-corrected chi connectivity index (χ2v) is 4.65. The van der Waals surface area contributed by atoms with Crippen molar-refractivity contribution < 1.29 is 14.1 Å². The Hall–Kier alpha value is -2.96. The third-order valence-electron chi connectivity index (χ3n) is 3.16. The van der Waals surface area contributed by atoms with Crippen molar-refractivity contribution in [2.45, 2.75) is 6.92 Å². The lowest BCUT2D eigenvalue weighted by atomic mass is 10.1. The van der Waals surface area contributed by atoms with Gasteiger partial charge in [0.1, 0.15) is 5.82 Å². The average molecular weight is 303 g/mol. The largest absolute Gasteiger partial charge is 0.387 e. The number of nitro benzene ring substituents is 1. The summed E-state index contributed by atoms with van der Waals surface area (Å²) in [6, 6.07) is 7.94. The Balaban J connectivity index is 2.35. The number of halogens is 1. The molecule has 0 heterocycles. The smallest absolute Gasteiger partial charge is 0.270 e. The maximum atomic E-state index is 13.1. The van der Waals surface area contributed by atoms with Crippen LogP contribution < -0.4 is 10.6 Å². The molecule has 2 rings (SSSR count). The van der Waals surface area contributed by atoms with E-state index < -0.39 is 16.6 Å². The van der Waals surface area contributed by atoms with Crippen LogP contribution in [-0.2, 0) is 0 Å². The van der Waals surface area contributed by atoms with Gasteiger partial charge in [-0.15, -0.1) is 0 Å². The highest BCUT2D eigenvalue weighted by Crippen LogP contribution is 2.24. The first-order valence-electron chi connectivity index (χ1n) is 6.46. The molecule has 1 amide bonds. The Morgan fingerprint density at radius 1 is 1.18 bits per heavy atom. The molecule has 0 saturated carbocycles. The number of carbonyl (C=O) groups excluding carboxylic acids is 1. The van der Waals surface area contributed by atoms with Crippen LogP contribution in [0.15, 0.2) is 36.4 Å². The molecule has 0 unspecified atom stereocenters. The molecule has 0 aromatic heterocycles. The number of amides is 1. The van der Waals surface area contributed by atoms with E-state index in [2.05, 4.69) is 10.6 Å². The number of rotatable bonds is 4. The molecule has 0 aliphatic carbocycles. The number of benzene rings is 2. The molecule has 7 heteroatoms. The molecule has 0 atom stereocenters. The fourth-order valence-corrected chi connectivity index (χ4v) is 2.01. The molecule has 114 valence electrons. The Kier molecular flexibility index (Phi) is 4.36. The maximum Gasteiger partial charge on any atom is 0.270 e. The van der Waals surface area contributed by atoms with Crippen LogP contribution in [-0.4, -0.2) is 17.9 Å². The lowest BCUT2D eigenvalue weighted by molar-refractivity contribution is -0.384. The number of hydrogen-bond donors (Lipinski definition) is 2. The zero-order valence-electron chi connectivity index (χ0n) is 12.0. The fourth-order valence-electron chi connectivity index (χ4n) is 2.01. The Morgan fingerprint density at radius 3 is 2.45 bits per heavy atom. The van der Waals surface area contributed by atoms with Crippen molar-refractivity contribution in [3.05, 3.63) is 63.5 Å². The van der Waals surface area contributed by atoms with E-state index in [0.717, 1.165) is 0 Å². The molecule has 0 fully saturated rings. The first-order chi connectivity index (χ1) is 10.4. The van der Waals surface area contributed by atoms with Crippen molar-refractivity contribution in [2.24, 2.45) is 0 Å². The van der Waals surface area contributed by atoms with Crippen LogP contribution in [0.2, 0.25) is 0 Å². The molecule has 2 aromatic carbocycles. The van der Waals surface area contributed by atoms with Crippen LogP contribution >= 0.6 is 0 Å². The van der Waals surface area contributed by atoms with E-state index in [1.807, 2.05) is 0 Å². The van der Waals surface area contributed by atoms with Gasteiger partial charge in [-0.25, -0.2) is 4.39 Å². The number of nitrogens with zero attached hydrogens (tertiary/aromatic N) is 1. The highest BCUT2D eigenvalue weighted by molar-refractivity contribution is 6.08. The quantitative estimate of drug-likeness (QED) is 0.670. The van der Waals surface area contributed by atoms with E-state index in [1.165, 1.54) is 36.4 Å². The molecule has 0 radical (unpaired) electrons. The molecule has 0 aliphatic rings. The van der Waals surface area contributed by atoms with Gasteiger partial charge in [0.15, 0.2) is 0 Å². The normalized spacial score (nSPS) is 10.1. The SMILES string of the molecule is CNc1ccc([N+](=O)[O-])cc1C(=O)Nc1ccc(F)cc1C. The van der Waals surface area contributed by atoms with Gasteiger partial charge in [-0.3, -0.25) is 14.9 Å². The summed E-state index contributed by atoms with van der Waals surface area (Å²) in [5.74, 6) is -0.912. The highest BCUT2D eigenvalue weighted by Gasteiger charge is 2.17. The van der Waals surface area contributed by atoms with Gasteiger partial charge in [-0.1, -0.05) is 0 Å². The van der Waals surface area contributed by atoms with Crippen LogP contribution in [0.5, 0.6) is 0 Å². The Labute approximate surface area is 126 Å². The van der Waals surface area contributed by atoms with Crippen molar-refractivity contribution in [1.29, 1.82) is 0 Å². The third-order valence-corrected chi connectivity index (χ3v) is 3.16. The summed E-state index contributed by atoms with van der Waals surface area (Å²) in [5, 5.41) is 16.3. The number of hydrogen-bond acceptors (Lipinski definition) is 4. The summed E-state index contributed by atoms with van der Waals surface area (Å²) in [4.78, 5) is 22.6. The van der Waals surface area contributed by atoms with Gasteiger partial charge in [0.25, 0.3) is 11.6 Å². The van der Waals surface area contributed by atoms with Crippen LogP contribution in [0.3, 0.4) is 0 Å². The number of nitro groups is 1. The molecule has 2 N–H and O–H groups in total. The van der Waals surface area contributed by atoms with Gasteiger partial charge < -0.3 is 10.6 Å². The van der Waals surface area contributed by atoms with Crippen LogP contribution in [0.25, 0.3) is 0 Å². The first-order valence-corrected chi connectivity index (χ1v) is 6.46. The second-order valence-electron chi connectivity index (χ2n) is 4.65. The van der Waals surface area contributed by atoms with E-state index in [1.54, 1.807) is 14.0 Å². The molecule has 2 aromatic rings. The van der Waals surface area contributed by atoms with Gasteiger partial charge in [-0.2, -0.15) is 0 Å². The van der Waals surface area contributed by atoms with Crippen molar-refractivity contribution in [3.8, 4) is 0 Å². The Bertz CT molecular complexity index is 747. The van der Waals surface area contributed by atoms with E-state index in [-0.39, 0.29) is 11.3 Å². The standard InChI is InChI=1S/C15H14FN3O3/c1-9-7-10(16)3-5-13(9)18-15(20)12-8-11(19(21)22)4-6-14(12)17-2/h3-8,17H,1-2H3,(H,18,20). The van der Waals surface area contributed by atoms with Gasteiger partial charge in [0, 0.05) is 30.6 Å². The van der Waals surface area contributed by atoms with Gasteiger partial charge >= 0.3 is 0 Å². The summed E-state index contributed by atoms with van der Waals surface area (Å²) < 4.78 is 13.1. The van der Waals surface area contributed by atoms with Crippen molar-refractivity contribution in [3.63, 3.8) is 0 Å². The fraction of sp³-hybridized carbons (Fsp3) is 0.133. The summed E-state index contributed by atoms with van der Waals surface area (Å²) in [6.45, 7) is 1.66. The van der Waals surface area contributed by atoms with Crippen molar-refractivity contribution in [1.82, 2.24) is 0 Å². The minimum atomic E-state index is -0.570.